The first-order valence-electron chi connectivity index (χ1n) is 5.38. The minimum absolute atomic E-state index is 0.163. The monoisotopic (exact) mass is 223 g/mol. The maximum absolute atomic E-state index is 9.50. The van der Waals surface area contributed by atoms with Crippen molar-refractivity contribution in [3.05, 3.63) is 23.8 Å². The number of benzene rings is 1. The third-order valence-corrected chi connectivity index (χ3v) is 2.92. The van der Waals surface area contributed by atoms with E-state index in [1.165, 1.54) is 0 Å². The van der Waals surface area contributed by atoms with Crippen molar-refractivity contribution in [3.8, 4) is 11.5 Å². The van der Waals surface area contributed by atoms with E-state index >= 15 is 0 Å². The van der Waals surface area contributed by atoms with Gasteiger partial charge >= 0.3 is 0 Å². The Morgan fingerprint density at radius 1 is 1.31 bits per heavy atom. The average molecular weight is 223 g/mol. The Balaban J connectivity index is 2.26. The maximum atomic E-state index is 9.50. The second-order valence-electron chi connectivity index (χ2n) is 3.96. The van der Waals surface area contributed by atoms with Crippen molar-refractivity contribution in [1.82, 2.24) is 5.32 Å². The van der Waals surface area contributed by atoms with Gasteiger partial charge in [0.2, 0.25) is 0 Å². The normalized spacial score (nSPS) is 24.4. The van der Waals surface area contributed by atoms with Crippen LogP contribution in [-0.4, -0.2) is 32.0 Å². The van der Waals surface area contributed by atoms with Crippen LogP contribution >= 0.6 is 0 Å². The van der Waals surface area contributed by atoms with E-state index in [4.69, 9.17) is 9.47 Å². The highest BCUT2D eigenvalue weighted by Gasteiger charge is 2.25. The van der Waals surface area contributed by atoms with E-state index in [0.717, 1.165) is 23.5 Å². The Hall–Kier alpha value is -1.26. The van der Waals surface area contributed by atoms with Crippen LogP contribution in [0.4, 0.5) is 0 Å². The Morgan fingerprint density at radius 3 is 2.69 bits per heavy atom. The third-order valence-electron chi connectivity index (χ3n) is 2.92. The lowest BCUT2D eigenvalue weighted by molar-refractivity contribution is 0.193. The zero-order valence-corrected chi connectivity index (χ0v) is 9.56. The molecule has 1 saturated heterocycles. The van der Waals surface area contributed by atoms with E-state index in [1.54, 1.807) is 14.2 Å². The van der Waals surface area contributed by atoms with Gasteiger partial charge < -0.3 is 19.9 Å². The molecular formula is C12H17NO3. The first-order valence-corrected chi connectivity index (χ1v) is 5.38. The maximum Gasteiger partial charge on any atom is 0.127 e. The molecule has 1 heterocycles. The van der Waals surface area contributed by atoms with Gasteiger partial charge in [-0.2, -0.15) is 0 Å². The summed E-state index contributed by atoms with van der Waals surface area (Å²) in [4.78, 5) is 0. The molecule has 2 N–H and O–H groups in total. The topological polar surface area (TPSA) is 50.7 Å². The lowest BCUT2D eigenvalue weighted by atomic mass is 10.0. The second kappa shape index (κ2) is 4.72. The van der Waals surface area contributed by atoms with Crippen molar-refractivity contribution in [3.63, 3.8) is 0 Å². The lowest BCUT2D eigenvalue weighted by Gasteiger charge is -2.15. The predicted molar refractivity (Wildman–Crippen MR) is 60.9 cm³/mol. The van der Waals surface area contributed by atoms with Crippen molar-refractivity contribution in [2.24, 2.45) is 0 Å². The standard InChI is InChI=1S/C12H17NO3/c1-15-9-3-4-10(12(6-9)16-2)11-5-8(14)7-13-11/h3-4,6,8,11,13-14H,5,7H2,1-2H3. The van der Waals surface area contributed by atoms with Crippen LogP contribution in [0.15, 0.2) is 18.2 Å². The summed E-state index contributed by atoms with van der Waals surface area (Å²) >= 11 is 0. The molecule has 0 amide bonds. The number of rotatable bonds is 3. The van der Waals surface area contributed by atoms with E-state index < -0.39 is 0 Å². The van der Waals surface area contributed by atoms with Gasteiger partial charge in [-0.25, -0.2) is 0 Å². The fourth-order valence-electron chi connectivity index (χ4n) is 2.06. The molecule has 4 heteroatoms. The van der Waals surface area contributed by atoms with Crippen molar-refractivity contribution in [2.75, 3.05) is 20.8 Å². The third kappa shape index (κ3) is 2.13. The van der Waals surface area contributed by atoms with Crippen molar-refractivity contribution in [1.29, 1.82) is 0 Å². The SMILES string of the molecule is COc1ccc(C2CC(O)CN2)c(OC)c1. The zero-order chi connectivity index (χ0) is 11.5. The molecule has 0 radical (unpaired) electrons. The van der Waals surface area contributed by atoms with Gasteiger partial charge in [0, 0.05) is 24.2 Å². The molecule has 0 aliphatic carbocycles. The number of β-amino-alcohol motifs (C(OH)–C–C–N with tert-alkyl or cyclic N) is 1. The minimum atomic E-state index is -0.267. The number of hydrogen-bond donors (Lipinski definition) is 2. The molecule has 2 atom stereocenters. The van der Waals surface area contributed by atoms with Gasteiger partial charge in [0.25, 0.3) is 0 Å². The van der Waals surface area contributed by atoms with E-state index in [0.29, 0.717) is 6.54 Å². The summed E-state index contributed by atoms with van der Waals surface area (Å²) in [5, 5.41) is 12.8. The number of nitrogens with one attached hydrogen (secondary N) is 1. The largest absolute Gasteiger partial charge is 0.497 e. The molecule has 1 aromatic rings. The van der Waals surface area contributed by atoms with E-state index in [1.807, 2.05) is 18.2 Å². The smallest absolute Gasteiger partial charge is 0.127 e. The molecule has 2 unspecified atom stereocenters. The Labute approximate surface area is 95.2 Å². The van der Waals surface area contributed by atoms with Crippen LogP contribution in [0.1, 0.15) is 18.0 Å². The highest BCUT2D eigenvalue weighted by atomic mass is 16.5. The molecular weight excluding hydrogens is 206 g/mol. The van der Waals surface area contributed by atoms with Crippen molar-refractivity contribution >= 4 is 0 Å². The van der Waals surface area contributed by atoms with Crippen LogP contribution in [0, 0.1) is 0 Å². The molecule has 1 aromatic carbocycles. The number of hydrogen-bond acceptors (Lipinski definition) is 4. The molecule has 2 rings (SSSR count). The summed E-state index contributed by atoms with van der Waals surface area (Å²) in [6.07, 6.45) is 0.458. The molecule has 1 aliphatic rings. The van der Waals surface area contributed by atoms with E-state index in [9.17, 15) is 5.11 Å². The molecule has 88 valence electrons. The van der Waals surface area contributed by atoms with Crippen LogP contribution in [0.5, 0.6) is 11.5 Å². The van der Waals surface area contributed by atoms with E-state index in [2.05, 4.69) is 5.32 Å². The van der Waals surface area contributed by atoms with Gasteiger partial charge in [-0.1, -0.05) is 6.07 Å². The average Bonchev–Trinajstić information content (AvgIpc) is 2.74. The number of aliphatic hydroxyl groups excluding tert-OH is 1. The zero-order valence-electron chi connectivity index (χ0n) is 9.56. The fourth-order valence-corrected chi connectivity index (χ4v) is 2.06. The highest BCUT2D eigenvalue weighted by molar-refractivity contribution is 5.42. The molecule has 4 nitrogen and oxygen atoms in total. The van der Waals surface area contributed by atoms with Gasteiger partial charge in [0.1, 0.15) is 11.5 Å². The number of methoxy groups -OCH3 is 2. The Morgan fingerprint density at radius 2 is 2.12 bits per heavy atom. The summed E-state index contributed by atoms with van der Waals surface area (Å²) in [5.74, 6) is 1.57. The number of aliphatic hydroxyl groups is 1. The van der Waals surface area contributed by atoms with Gasteiger partial charge in [0.15, 0.2) is 0 Å². The van der Waals surface area contributed by atoms with Crippen molar-refractivity contribution in [2.45, 2.75) is 18.6 Å². The van der Waals surface area contributed by atoms with Crippen LogP contribution in [0.3, 0.4) is 0 Å². The van der Waals surface area contributed by atoms with Crippen LogP contribution in [-0.2, 0) is 0 Å². The minimum Gasteiger partial charge on any atom is -0.497 e. The summed E-state index contributed by atoms with van der Waals surface area (Å²) < 4.78 is 10.5. The van der Waals surface area contributed by atoms with Crippen LogP contribution < -0.4 is 14.8 Å². The molecule has 0 bridgehead atoms. The molecule has 0 aromatic heterocycles. The lowest BCUT2D eigenvalue weighted by Crippen LogP contribution is -2.15. The Kier molecular flexibility index (Phi) is 3.31. The highest BCUT2D eigenvalue weighted by Crippen LogP contribution is 2.33. The Bertz CT molecular complexity index is 367. The summed E-state index contributed by atoms with van der Waals surface area (Å²) in [6.45, 7) is 0.639. The molecule has 0 spiro atoms. The number of ether oxygens (including phenoxy) is 2. The predicted octanol–water partition coefficient (Wildman–Crippen LogP) is 1.10. The van der Waals surface area contributed by atoms with Crippen LogP contribution in [0.2, 0.25) is 0 Å². The summed E-state index contributed by atoms with van der Waals surface area (Å²) in [5.41, 5.74) is 1.07. The fraction of sp³-hybridized carbons (Fsp3) is 0.500. The van der Waals surface area contributed by atoms with Crippen LogP contribution in [0.25, 0.3) is 0 Å². The summed E-state index contributed by atoms with van der Waals surface area (Å²) in [7, 11) is 3.27. The van der Waals surface area contributed by atoms with Gasteiger partial charge in [-0.15, -0.1) is 0 Å². The molecule has 16 heavy (non-hydrogen) atoms. The first kappa shape index (κ1) is 11.2. The van der Waals surface area contributed by atoms with Gasteiger partial charge in [-0.3, -0.25) is 0 Å². The first-order chi connectivity index (χ1) is 7.74. The molecule has 1 fully saturated rings. The van der Waals surface area contributed by atoms with Gasteiger partial charge in [0.05, 0.1) is 20.3 Å². The molecule has 1 aliphatic heterocycles. The quantitative estimate of drug-likeness (QED) is 0.805. The molecule has 0 saturated carbocycles. The van der Waals surface area contributed by atoms with Gasteiger partial charge in [-0.05, 0) is 12.5 Å². The second-order valence-corrected chi connectivity index (χ2v) is 3.96. The summed E-state index contributed by atoms with van der Waals surface area (Å²) in [6, 6.07) is 5.91. The van der Waals surface area contributed by atoms with Crippen molar-refractivity contribution < 1.29 is 14.6 Å². The van der Waals surface area contributed by atoms with E-state index in [-0.39, 0.29) is 12.1 Å².